The molecule has 0 spiro atoms. The van der Waals surface area contributed by atoms with Gasteiger partial charge in [0, 0.05) is 17.5 Å². The molecule has 0 aliphatic rings. The molecule has 0 unspecified atom stereocenters. The number of benzene rings is 1. The van der Waals surface area contributed by atoms with Crippen LogP contribution in [0.15, 0.2) is 29.6 Å². The summed E-state index contributed by atoms with van der Waals surface area (Å²) in [7, 11) is 0. The number of carbonyl (C=O) groups excluding carboxylic acids is 1. The predicted octanol–water partition coefficient (Wildman–Crippen LogP) is 3.34. The van der Waals surface area contributed by atoms with Gasteiger partial charge in [0.15, 0.2) is 10.6 Å². The number of nitrogens with one attached hydrogen (secondary N) is 2. The van der Waals surface area contributed by atoms with E-state index >= 15 is 0 Å². The Morgan fingerprint density at radius 2 is 2.11 bits per heavy atom. The minimum absolute atomic E-state index is 0.102. The smallest absolute Gasteiger partial charge is 0.226 e. The fourth-order valence-corrected chi connectivity index (χ4v) is 3.70. The third kappa shape index (κ3) is 4.81. The first-order valence-corrected chi connectivity index (χ1v) is 9.98. The number of thiazole rings is 1. The van der Waals surface area contributed by atoms with Crippen molar-refractivity contribution in [3.63, 3.8) is 0 Å². The van der Waals surface area contributed by atoms with Crippen LogP contribution in [0.2, 0.25) is 0 Å². The van der Waals surface area contributed by atoms with E-state index in [2.05, 4.69) is 20.5 Å². The van der Waals surface area contributed by atoms with Crippen molar-refractivity contribution in [3.05, 3.63) is 45.9 Å². The first-order valence-electron chi connectivity index (χ1n) is 8.69. The molecule has 27 heavy (non-hydrogen) atoms. The Labute approximate surface area is 166 Å². The number of hydrogen-bond acceptors (Lipinski definition) is 6. The number of carbonyl (C=O) groups is 1. The molecule has 0 saturated heterocycles. The summed E-state index contributed by atoms with van der Waals surface area (Å²) in [5.74, 6) is 1.45. The molecule has 0 fully saturated rings. The van der Waals surface area contributed by atoms with E-state index in [1.807, 2.05) is 48.1 Å². The van der Waals surface area contributed by atoms with Crippen molar-refractivity contribution >= 4 is 29.5 Å². The van der Waals surface area contributed by atoms with Gasteiger partial charge >= 0.3 is 0 Å². The van der Waals surface area contributed by atoms with E-state index in [-0.39, 0.29) is 12.3 Å². The predicted molar refractivity (Wildman–Crippen MR) is 107 cm³/mol. The van der Waals surface area contributed by atoms with Crippen molar-refractivity contribution < 1.29 is 9.53 Å². The van der Waals surface area contributed by atoms with Gasteiger partial charge in [0.05, 0.1) is 25.3 Å². The maximum Gasteiger partial charge on any atom is 0.226 e. The van der Waals surface area contributed by atoms with Crippen LogP contribution in [0.5, 0.6) is 5.75 Å². The van der Waals surface area contributed by atoms with Crippen LogP contribution >= 0.6 is 23.6 Å². The van der Waals surface area contributed by atoms with Gasteiger partial charge in [0.2, 0.25) is 5.91 Å². The molecule has 2 N–H and O–H groups in total. The standard InChI is InChI=1S/C18H21N5O2S2/c1-3-23-15(21-22-18(23)26)10-19-16(24)9-13-11-27-17(20-13)12-5-7-14(8-6-12)25-4-2/h5-8,11H,3-4,9-10H2,1-2H3,(H,19,24)(H,22,26). The molecule has 7 nitrogen and oxygen atoms in total. The van der Waals surface area contributed by atoms with Crippen LogP contribution in [0, 0.1) is 4.77 Å². The van der Waals surface area contributed by atoms with E-state index in [9.17, 15) is 4.79 Å². The third-order valence-electron chi connectivity index (χ3n) is 3.90. The maximum absolute atomic E-state index is 12.2. The molecule has 1 aromatic carbocycles. The van der Waals surface area contributed by atoms with Crippen molar-refractivity contribution in [1.82, 2.24) is 25.1 Å². The second-order valence-corrected chi connectivity index (χ2v) is 6.99. The molecule has 0 bridgehead atoms. The minimum atomic E-state index is -0.102. The Hall–Kier alpha value is -2.52. The van der Waals surface area contributed by atoms with Crippen molar-refractivity contribution in [3.8, 4) is 16.3 Å². The topological polar surface area (TPSA) is 84.8 Å². The van der Waals surface area contributed by atoms with Crippen LogP contribution < -0.4 is 10.1 Å². The van der Waals surface area contributed by atoms with Gasteiger partial charge in [-0.1, -0.05) is 0 Å². The van der Waals surface area contributed by atoms with E-state index in [4.69, 9.17) is 17.0 Å². The summed E-state index contributed by atoms with van der Waals surface area (Å²) in [6.07, 6.45) is 0.227. The Morgan fingerprint density at radius 3 is 2.81 bits per heavy atom. The molecule has 9 heteroatoms. The van der Waals surface area contributed by atoms with Gasteiger partial charge in [-0.2, -0.15) is 5.10 Å². The number of H-pyrrole nitrogens is 1. The summed E-state index contributed by atoms with van der Waals surface area (Å²) in [5.41, 5.74) is 1.75. The molecule has 0 aliphatic carbocycles. The van der Waals surface area contributed by atoms with E-state index in [1.54, 1.807) is 0 Å². The average Bonchev–Trinajstić information content (AvgIpc) is 3.27. The van der Waals surface area contributed by atoms with Crippen molar-refractivity contribution in [2.24, 2.45) is 0 Å². The van der Waals surface area contributed by atoms with Crippen LogP contribution in [0.25, 0.3) is 10.6 Å². The normalized spacial score (nSPS) is 10.7. The summed E-state index contributed by atoms with van der Waals surface area (Å²) in [6.45, 7) is 5.61. The van der Waals surface area contributed by atoms with Crippen LogP contribution in [0.3, 0.4) is 0 Å². The summed E-state index contributed by atoms with van der Waals surface area (Å²) in [5, 5.41) is 12.5. The first kappa shape index (κ1) is 19.2. The maximum atomic E-state index is 12.2. The molecule has 0 aliphatic heterocycles. The number of nitrogens with zero attached hydrogens (tertiary/aromatic N) is 3. The van der Waals surface area contributed by atoms with Crippen LogP contribution in [0.4, 0.5) is 0 Å². The monoisotopic (exact) mass is 403 g/mol. The SMILES string of the molecule is CCOc1ccc(-c2nc(CC(=O)NCc3n[nH]c(=S)n3CC)cs2)cc1. The van der Waals surface area contributed by atoms with Gasteiger partial charge in [-0.05, 0) is 50.3 Å². The quantitative estimate of drug-likeness (QED) is 0.564. The van der Waals surface area contributed by atoms with E-state index in [1.165, 1.54) is 11.3 Å². The van der Waals surface area contributed by atoms with Crippen LogP contribution in [-0.2, 0) is 24.3 Å². The lowest BCUT2D eigenvalue weighted by molar-refractivity contribution is -0.120. The number of rotatable bonds is 8. The van der Waals surface area contributed by atoms with Crippen molar-refractivity contribution in [1.29, 1.82) is 0 Å². The van der Waals surface area contributed by atoms with Gasteiger partial charge < -0.3 is 14.6 Å². The molecule has 0 saturated carbocycles. The zero-order valence-corrected chi connectivity index (χ0v) is 16.8. The molecule has 1 amide bonds. The Kier molecular flexibility index (Phi) is 6.36. The first-order chi connectivity index (χ1) is 13.1. The van der Waals surface area contributed by atoms with E-state index in [0.717, 1.165) is 22.0 Å². The van der Waals surface area contributed by atoms with Gasteiger partial charge in [-0.3, -0.25) is 9.89 Å². The lowest BCUT2D eigenvalue weighted by Crippen LogP contribution is -2.26. The molecular weight excluding hydrogens is 382 g/mol. The summed E-state index contributed by atoms with van der Waals surface area (Å²) in [4.78, 5) is 16.8. The number of aromatic nitrogens is 4. The highest BCUT2D eigenvalue weighted by atomic mass is 32.1. The molecule has 0 radical (unpaired) electrons. The minimum Gasteiger partial charge on any atom is -0.494 e. The second kappa shape index (κ2) is 8.92. The molecule has 0 atom stereocenters. The van der Waals surface area contributed by atoms with Gasteiger partial charge in [-0.25, -0.2) is 4.98 Å². The fourth-order valence-electron chi connectivity index (χ4n) is 2.60. The zero-order chi connectivity index (χ0) is 19.2. The molecule has 2 aromatic heterocycles. The molecule has 142 valence electrons. The van der Waals surface area contributed by atoms with Crippen molar-refractivity contribution in [2.75, 3.05) is 6.61 Å². The summed E-state index contributed by atoms with van der Waals surface area (Å²) >= 11 is 6.66. The van der Waals surface area contributed by atoms with Gasteiger partial charge in [0.1, 0.15) is 10.8 Å². The molecule has 3 aromatic rings. The third-order valence-corrected chi connectivity index (χ3v) is 5.15. The zero-order valence-electron chi connectivity index (χ0n) is 15.2. The van der Waals surface area contributed by atoms with Gasteiger partial charge in [-0.15, -0.1) is 11.3 Å². The Bertz CT molecular complexity index is 959. The van der Waals surface area contributed by atoms with E-state index in [0.29, 0.717) is 30.3 Å². The molecular formula is C18H21N5O2S2. The summed E-state index contributed by atoms with van der Waals surface area (Å²) in [6, 6.07) is 7.79. The lowest BCUT2D eigenvalue weighted by atomic mass is 10.2. The molecule has 3 rings (SSSR count). The van der Waals surface area contributed by atoms with Crippen molar-refractivity contribution in [2.45, 2.75) is 33.4 Å². The largest absolute Gasteiger partial charge is 0.494 e. The average molecular weight is 404 g/mol. The van der Waals surface area contributed by atoms with Crippen LogP contribution in [-0.4, -0.2) is 32.3 Å². The number of amides is 1. The highest BCUT2D eigenvalue weighted by Gasteiger charge is 2.11. The lowest BCUT2D eigenvalue weighted by Gasteiger charge is -2.05. The van der Waals surface area contributed by atoms with Gasteiger partial charge in [0.25, 0.3) is 0 Å². The number of ether oxygens (including phenoxy) is 1. The number of hydrogen-bond donors (Lipinski definition) is 2. The highest BCUT2D eigenvalue weighted by Crippen LogP contribution is 2.26. The van der Waals surface area contributed by atoms with Crippen LogP contribution in [0.1, 0.15) is 25.4 Å². The van der Waals surface area contributed by atoms with E-state index < -0.39 is 0 Å². The fraction of sp³-hybridized carbons (Fsp3) is 0.333. The summed E-state index contributed by atoms with van der Waals surface area (Å²) < 4.78 is 7.86. The molecule has 2 heterocycles. The second-order valence-electron chi connectivity index (χ2n) is 5.74. The Balaban J connectivity index is 1.58. The Morgan fingerprint density at radius 1 is 1.33 bits per heavy atom. The highest BCUT2D eigenvalue weighted by molar-refractivity contribution is 7.71. The number of aromatic amines is 1.